The molecule has 60 valence electrons. The van der Waals surface area contributed by atoms with Crippen LogP contribution in [0.3, 0.4) is 0 Å². The van der Waals surface area contributed by atoms with Crippen LogP contribution in [0.4, 0.5) is 0 Å². The van der Waals surface area contributed by atoms with Crippen LogP contribution >= 0.6 is 15.9 Å². The summed E-state index contributed by atoms with van der Waals surface area (Å²) in [7, 11) is 0. The van der Waals surface area contributed by atoms with Gasteiger partial charge in [0.05, 0.1) is 6.61 Å². The third kappa shape index (κ3) is 6.04. The van der Waals surface area contributed by atoms with E-state index in [1.165, 1.54) is 0 Å². The van der Waals surface area contributed by atoms with Gasteiger partial charge < -0.3 is 0 Å². The Morgan fingerprint density at radius 3 is 2.90 bits per heavy atom. The minimum absolute atomic E-state index is 0.0784. The second kappa shape index (κ2) is 7.02. The zero-order valence-electron chi connectivity index (χ0n) is 6.02. The number of carbonyl (C=O) groups is 1. The molecule has 0 aliphatic rings. The summed E-state index contributed by atoms with van der Waals surface area (Å²) in [5.41, 5.74) is 2.32. The second-order valence-electron chi connectivity index (χ2n) is 1.81. The molecule has 0 fully saturated rings. The molecule has 0 aliphatic carbocycles. The summed E-state index contributed by atoms with van der Waals surface area (Å²) < 4.78 is 0. The van der Waals surface area contributed by atoms with Crippen LogP contribution in [0.1, 0.15) is 19.8 Å². The van der Waals surface area contributed by atoms with Crippen molar-refractivity contribution in [2.45, 2.75) is 19.8 Å². The molecule has 0 bridgehead atoms. The van der Waals surface area contributed by atoms with Gasteiger partial charge in [-0.1, -0.05) is 22.9 Å². The predicted molar refractivity (Wildman–Crippen MR) is 42.8 cm³/mol. The molecule has 10 heavy (non-hydrogen) atoms. The summed E-state index contributed by atoms with van der Waals surface area (Å²) in [5, 5.41) is 0.675. The van der Waals surface area contributed by atoms with Crippen molar-refractivity contribution in [1.29, 1.82) is 0 Å². The molecule has 0 aromatic carbocycles. The van der Waals surface area contributed by atoms with E-state index in [0.29, 0.717) is 18.4 Å². The molecule has 4 heteroatoms. The summed E-state index contributed by atoms with van der Waals surface area (Å²) in [6, 6.07) is 0. The lowest BCUT2D eigenvalue weighted by molar-refractivity contribution is -0.133. The molecule has 0 aliphatic heterocycles. The quantitative estimate of drug-likeness (QED) is 0.421. The van der Waals surface area contributed by atoms with E-state index in [-0.39, 0.29) is 5.91 Å². The van der Waals surface area contributed by atoms with Crippen LogP contribution in [-0.4, -0.2) is 17.8 Å². The highest BCUT2D eigenvalue weighted by Crippen LogP contribution is 1.86. The number of rotatable bonds is 5. The largest absolute Gasteiger partial charge is 0.274 e. The fourth-order valence-corrected chi connectivity index (χ4v) is 0.731. The molecule has 3 nitrogen and oxygen atoms in total. The van der Waals surface area contributed by atoms with Crippen LogP contribution in [0.2, 0.25) is 0 Å². The van der Waals surface area contributed by atoms with E-state index in [4.69, 9.17) is 4.84 Å². The number of alkyl halides is 1. The van der Waals surface area contributed by atoms with Crippen molar-refractivity contribution in [2.24, 2.45) is 0 Å². The van der Waals surface area contributed by atoms with Gasteiger partial charge in [-0.3, -0.25) is 9.63 Å². The first-order chi connectivity index (χ1) is 4.81. The maximum Gasteiger partial charge on any atom is 0.244 e. The van der Waals surface area contributed by atoms with Gasteiger partial charge in [-0.2, -0.15) is 0 Å². The molecule has 0 heterocycles. The Labute approximate surface area is 69.2 Å². The standard InChI is InChI=1S/C6H12BrNO2/c1-2-5-10-8-6(9)3-4-7/h2-5H2,1H3,(H,8,9). The molecule has 0 aromatic rings. The topological polar surface area (TPSA) is 38.3 Å². The lowest BCUT2D eigenvalue weighted by Crippen LogP contribution is -2.23. The number of nitrogens with one attached hydrogen (secondary N) is 1. The number of hydrogen-bond donors (Lipinski definition) is 1. The minimum atomic E-state index is -0.0784. The van der Waals surface area contributed by atoms with Crippen LogP contribution in [0, 0.1) is 0 Å². The summed E-state index contributed by atoms with van der Waals surface area (Å²) in [6.07, 6.45) is 1.37. The molecular formula is C6H12BrNO2. The smallest absolute Gasteiger partial charge is 0.244 e. The van der Waals surface area contributed by atoms with Crippen LogP contribution < -0.4 is 5.48 Å². The number of amides is 1. The molecule has 0 atom stereocenters. The molecule has 1 N–H and O–H groups in total. The van der Waals surface area contributed by atoms with E-state index in [1.54, 1.807) is 0 Å². The van der Waals surface area contributed by atoms with Gasteiger partial charge in [0.1, 0.15) is 0 Å². The van der Waals surface area contributed by atoms with Crippen molar-refractivity contribution in [3.63, 3.8) is 0 Å². The summed E-state index contributed by atoms with van der Waals surface area (Å²) >= 11 is 3.14. The lowest BCUT2D eigenvalue weighted by Gasteiger charge is -2.01. The molecule has 0 aromatic heterocycles. The Morgan fingerprint density at radius 1 is 1.70 bits per heavy atom. The highest BCUT2D eigenvalue weighted by atomic mass is 79.9. The van der Waals surface area contributed by atoms with Gasteiger partial charge in [-0.25, -0.2) is 5.48 Å². The van der Waals surface area contributed by atoms with Crippen molar-refractivity contribution in [1.82, 2.24) is 5.48 Å². The third-order valence-corrected chi connectivity index (χ3v) is 1.21. The zero-order valence-corrected chi connectivity index (χ0v) is 7.61. The SMILES string of the molecule is CCCONC(=O)CCBr. The highest BCUT2D eigenvalue weighted by molar-refractivity contribution is 9.09. The fraction of sp³-hybridized carbons (Fsp3) is 0.833. The average Bonchev–Trinajstić information content (AvgIpc) is 1.89. The van der Waals surface area contributed by atoms with Crippen molar-refractivity contribution < 1.29 is 9.63 Å². The van der Waals surface area contributed by atoms with E-state index in [0.717, 1.165) is 6.42 Å². The van der Waals surface area contributed by atoms with Crippen LogP contribution in [0.5, 0.6) is 0 Å². The fourth-order valence-electron chi connectivity index (χ4n) is 0.370. The first-order valence-corrected chi connectivity index (χ1v) is 4.40. The molecule has 1 amide bonds. The maximum atomic E-state index is 10.7. The van der Waals surface area contributed by atoms with Crippen molar-refractivity contribution >= 4 is 21.8 Å². The molecule has 0 unspecified atom stereocenters. The lowest BCUT2D eigenvalue weighted by atomic mass is 10.5. The third-order valence-electron chi connectivity index (χ3n) is 0.814. The summed E-state index contributed by atoms with van der Waals surface area (Å²) in [5.74, 6) is -0.0784. The van der Waals surface area contributed by atoms with Gasteiger partial charge in [-0.15, -0.1) is 0 Å². The normalized spacial score (nSPS) is 9.40. The Bertz CT molecular complexity index is 97.7. The van der Waals surface area contributed by atoms with E-state index >= 15 is 0 Å². The number of hydroxylamine groups is 1. The van der Waals surface area contributed by atoms with Gasteiger partial charge in [0.25, 0.3) is 0 Å². The molecule has 0 saturated heterocycles. The first-order valence-electron chi connectivity index (χ1n) is 3.27. The molecule has 0 spiro atoms. The molecular weight excluding hydrogens is 198 g/mol. The van der Waals surface area contributed by atoms with Gasteiger partial charge >= 0.3 is 0 Å². The van der Waals surface area contributed by atoms with Crippen molar-refractivity contribution in [2.75, 3.05) is 11.9 Å². The predicted octanol–water partition coefficient (Wildman–Crippen LogP) is 1.23. The minimum Gasteiger partial charge on any atom is -0.274 e. The van der Waals surface area contributed by atoms with E-state index in [9.17, 15) is 4.79 Å². The molecule has 0 saturated carbocycles. The van der Waals surface area contributed by atoms with Gasteiger partial charge in [0.2, 0.25) is 5.91 Å². The Balaban J connectivity index is 3.05. The van der Waals surface area contributed by atoms with Gasteiger partial charge in [0.15, 0.2) is 0 Å². The first kappa shape index (κ1) is 9.91. The Hall–Kier alpha value is -0.0900. The molecule has 0 radical (unpaired) electrons. The summed E-state index contributed by atoms with van der Waals surface area (Å²) in [4.78, 5) is 15.4. The van der Waals surface area contributed by atoms with Crippen LogP contribution in [0.25, 0.3) is 0 Å². The number of hydrogen-bond acceptors (Lipinski definition) is 2. The summed E-state index contributed by atoms with van der Waals surface area (Å²) in [6.45, 7) is 2.56. The molecule has 0 rings (SSSR count). The Kier molecular flexibility index (Phi) is 6.96. The van der Waals surface area contributed by atoms with Gasteiger partial charge in [0, 0.05) is 11.8 Å². The highest BCUT2D eigenvalue weighted by Gasteiger charge is 1.96. The van der Waals surface area contributed by atoms with E-state index in [1.807, 2.05) is 6.92 Å². The van der Waals surface area contributed by atoms with E-state index in [2.05, 4.69) is 21.4 Å². The number of halogens is 1. The number of carbonyl (C=O) groups excluding carboxylic acids is 1. The van der Waals surface area contributed by atoms with Gasteiger partial charge in [-0.05, 0) is 6.42 Å². The van der Waals surface area contributed by atoms with Crippen molar-refractivity contribution in [3.05, 3.63) is 0 Å². The van der Waals surface area contributed by atoms with Crippen LogP contribution in [-0.2, 0) is 9.63 Å². The second-order valence-corrected chi connectivity index (χ2v) is 2.61. The zero-order chi connectivity index (χ0) is 7.82. The van der Waals surface area contributed by atoms with Crippen LogP contribution in [0.15, 0.2) is 0 Å². The van der Waals surface area contributed by atoms with E-state index < -0.39 is 0 Å². The van der Waals surface area contributed by atoms with Crippen molar-refractivity contribution in [3.8, 4) is 0 Å². The average molecular weight is 210 g/mol. The maximum absolute atomic E-state index is 10.7. The Morgan fingerprint density at radius 2 is 2.40 bits per heavy atom. The monoisotopic (exact) mass is 209 g/mol.